The van der Waals surface area contributed by atoms with Crippen LogP contribution in [0, 0.1) is 0 Å². The molecule has 1 aliphatic heterocycles. The summed E-state index contributed by atoms with van der Waals surface area (Å²) in [5.41, 5.74) is 1.22. The molecular formula is C14H21N5O4. The van der Waals surface area contributed by atoms with E-state index in [1.54, 1.807) is 12.4 Å². The van der Waals surface area contributed by atoms with Crippen LogP contribution in [-0.2, 0) is 4.74 Å². The summed E-state index contributed by atoms with van der Waals surface area (Å²) in [6, 6.07) is 0. The minimum Gasteiger partial charge on any atom is -0.394 e. The van der Waals surface area contributed by atoms with E-state index in [0.717, 1.165) is 13.1 Å². The van der Waals surface area contributed by atoms with Gasteiger partial charge in [0.1, 0.15) is 29.3 Å². The van der Waals surface area contributed by atoms with E-state index in [0.29, 0.717) is 17.0 Å². The van der Waals surface area contributed by atoms with Gasteiger partial charge in [-0.1, -0.05) is 0 Å². The molecule has 0 aromatic carbocycles. The fraction of sp³-hybridized carbons (Fsp3) is 0.643. The van der Waals surface area contributed by atoms with E-state index < -0.39 is 24.5 Å². The number of fused-ring (bicyclic) bond motifs is 1. The number of aliphatic hydroxyl groups is 3. The molecule has 9 nitrogen and oxygen atoms in total. The summed E-state index contributed by atoms with van der Waals surface area (Å²) in [6.07, 6.45) is -0.887. The normalized spacial score (nSPS) is 27.7. The van der Waals surface area contributed by atoms with Crippen LogP contribution in [0.15, 0.2) is 12.4 Å². The van der Waals surface area contributed by atoms with Gasteiger partial charge in [0.25, 0.3) is 0 Å². The molecular weight excluding hydrogens is 302 g/mol. The maximum absolute atomic E-state index is 10.1. The molecule has 3 heterocycles. The number of aliphatic hydroxyl groups excluding tert-OH is 3. The molecule has 3 N–H and O–H groups in total. The molecule has 1 fully saturated rings. The Hall–Kier alpha value is -1.81. The SMILES string of the molecule is CCN(CC)c1ncc2c(cnn2[C@@H]2O[C@H](CO)[C@H](O)[C@@H]2O)n1. The Kier molecular flexibility index (Phi) is 4.44. The van der Waals surface area contributed by atoms with Gasteiger partial charge in [0.2, 0.25) is 5.95 Å². The van der Waals surface area contributed by atoms with E-state index in [4.69, 9.17) is 4.74 Å². The van der Waals surface area contributed by atoms with Crippen LogP contribution < -0.4 is 4.90 Å². The van der Waals surface area contributed by atoms with Crippen LogP contribution in [-0.4, -0.2) is 73.1 Å². The van der Waals surface area contributed by atoms with Crippen LogP contribution in [0.25, 0.3) is 11.0 Å². The number of hydrogen-bond donors (Lipinski definition) is 3. The standard InChI is InChI=1S/C14H21N5O4/c1-3-18(4-2)14-15-6-9-8(17-14)5-16-19(9)13-12(22)11(21)10(7-20)23-13/h5-6,10-13,20-22H,3-4,7H2,1-2H3/t10-,11+,12+,13-/m1/s1. The van der Waals surface area contributed by atoms with Gasteiger partial charge in [0.15, 0.2) is 6.23 Å². The number of ether oxygens (including phenoxy) is 1. The molecule has 2 aromatic rings. The zero-order chi connectivity index (χ0) is 16.6. The predicted molar refractivity (Wildman–Crippen MR) is 81.9 cm³/mol. The molecule has 1 saturated heterocycles. The molecule has 4 atom stereocenters. The first-order valence-electron chi connectivity index (χ1n) is 7.68. The maximum atomic E-state index is 10.1. The fourth-order valence-corrected chi connectivity index (χ4v) is 2.77. The highest BCUT2D eigenvalue weighted by molar-refractivity contribution is 5.74. The van der Waals surface area contributed by atoms with Crippen molar-refractivity contribution in [2.45, 2.75) is 38.4 Å². The molecule has 0 saturated carbocycles. The van der Waals surface area contributed by atoms with Crippen LogP contribution >= 0.6 is 0 Å². The van der Waals surface area contributed by atoms with Gasteiger partial charge in [-0.05, 0) is 13.8 Å². The molecule has 126 valence electrons. The van der Waals surface area contributed by atoms with E-state index in [2.05, 4.69) is 15.1 Å². The molecule has 0 unspecified atom stereocenters. The molecule has 23 heavy (non-hydrogen) atoms. The van der Waals surface area contributed by atoms with Gasteiger partial charge in [0.05, 0.1) is 19.0 Å². The molecule has 1 aliphatic rings. The average Bonchev–Trinajstić information content (AvgIpc) is 3.10. The van der Waals surface area contributed by atoms with E-state index >= 15 is 0 Å². The predicted octanol–water partition coefficient (Wildman–Crippen LogP) is -0.716. The molecule has 0 spiro atoms. The topological polar surface area (TPSA) is 117 Å². The van der Waals surface area contributed by atoms with E-state index in [-0.39, 0.29) is 6.61 Å². The number of nitrogens with zero attached hydrogens (tertiary/aromatic N) is 5. The highest BCUT2D eigenvalue weighted by atomic mass is 16.6. The van der Waals surface area contributed by atoms with Crippen molar-refractivity contribution < 1.29 is 20.1 Å². The quantitative estimate of drug-likeness (QED) is 0.660. The van der Waals surface area contributed by atoms with E-state index in [9.17, 15) is 15.3 Å². The lowest BCUT2D eigenvalue weighted by molar-refractivity contribution is -0.0564. The highest BCUT2D eigenvalue weighted by Crippen LogP contribution is 2.31. The van der Waals surface area contributed by atoms with Crippen molar-refractivity contribution in [3.8, 4) is 0 Å². The van der Waals surface area contributed by atoms with Crippen LogP contribution in [0.3, 0.4) is 0 Å². The zero-order valence-electron chi connectivity index (χ0n) is 13.1. The number of aromatic nitrogens is 4. The molecule has 9 heteroatoms. The van der Waals surface area contributed by atoms with Crippen molar-refractivity contribution in [3.63, 3.8) is 0 Å². The van der Waals surface area contributed by atoms with Crippen molar-refractivity contribution in [2.24, 2.45) is 0 Å². The van der Waals surface area contributed by atoms with Gasteiger partial charge in [0, 0.05) is 13.1 Å². The number of anilines is 1. The maximum Gasteiger partial charge on any atom is 0.226 e. The van der Waals surface area contributed by atoms with Gasteiger partial charge < -0.3 is 25.0 Å². The fourth-order valence-electron chi connectivity index (χ4n) is 2.77. The first-order valence-corrected chi connectivity index (χ1v) is 7.68. The Morgan fingerprint density at radius 3 is 2.57 bits per heavy atom. The Morgan fingerprint density at radius 1 is 1.22 bits per heavy atom. The Bertz CT molecular complexity index is 674. The van der Waals surface area contributed by atoms with Crippen molar-refractivity contribution in [3.05, 3.63) is 12.4 Å². The van der Waals surface area contributed by atoms with Crippen LogP contribution in [0.4, 0.5) is 5.95 Å². The minimum absolute atomic E-state index is 0.378. The lowest BCUT2D eigenvalue weighted by Gasteiger charge is -2.18. The lowest BCUT2D eigenvalue weighted by atomic mass is 10.1. The summed E-state index contributed by atoms with van der Waals surface area (Å²) >= 11 is 0. The number of hydrogen-bond acceptors (Lipinski definition) is 8. The van der Waals surface area contributed by atoms with Crippen LogP contribution in [0.5, 0.6) is 0 Å². The molecule has 2 aromatic heterocycles. The van der Waals surface area contributed by atoms with Crippen molar-refractivity contribution >= 4 is 17.0 Å². The second-order valence-electron chi connectivity index (χ2n) is 5.43. The molecule has 3 rings (SSSR count). The summed E-state index contributed by atoms with van der Waals surface area (Å²) in [6.45, 7) is 5.27. The Balaban J connectivity index is 1.94. The third kappa shape index (κ3) is 2.65. The van der Waals surface area contributed by atoms with Gasteiger partial charge in [-0.25, -0.2) is 14.6 Å². The summed E-state index contributed by atoms with van der Waals surface area (Å²) in [7, 11) is 0. The summed E-state index contributed by atoms with van der Waals surface area (Å²) in [4.78, 5) is 10.8. The average molecular weight is 323 g/mol. The third-order valence-electron chi connectivity index (χ3n) is 4.14. The summed E-state index contributed by atoms with van der Waals surface area (Å²) < 4.78 is 6.93. The summed E-state index contributed by atoms with van der Waals surface area (Å²) in [5.74, 6) is 0.614. The van der Waals surface area contributed by atoms with Crippen molar-refractivity contribution in [1.82, 2.24) is 19.7 Å². The highest BCUT2D eigenvalue weighted by Gasteiger charge is 2.44. The van der Waals surface area contributed by atoms with E-state index in [1.807, 2.05) is 18.7 Å². The Morgan fingerprint density at radius 2 is 1.96 bits per heavy atom. The molecule has 0 bridgehead atoms. The third-order valence-corrected chi connectivity index (χ3v) is 4.14. The van der Waals surface area contributed by atoms with Gasteiger partial charge in [-0.3, -0.25) is 0 Å². The minimum atomic E-state index is -1.18. The summed E-state index contributed by atoms with van der Waals surface area (Å²) in [5, 5.41) is 33.4. The first kappa shape index (κ1) is 16.1. The van der Waals surface area contributed by atoms with Crippen LogP contribution in [0.1, 0.15) is 20.1 Å². The smallest absolute Gasteiger partial charge is 0.226 e. The second-order valence-corrected chi connectivity index (χ2v) is 5.43. The zero-order valence-corrected chi connectivity index (χ0v) is 13.1. The van der Waals surface area contributed by atoms with Crippen molar-refractivity contribution in [1.29, 1.82) is 0 Å². The first-order chi connectivity index (χ1) is 11.1. The number of rotatable bonds is 5. The van der Waals surface area contributed by atoms with Gasteiger partial charge in [-0.2, -0.15) is 5.10 Å². The molecule has 0 radical (unpaired) electrons. The largest absolute Gasteiger partial charge is 0.394 e. The molecule has 0 aliphatic carbocycles. The van der Waals surface area contributed by atoms with E-state index in [1.165, 1.54) is 4.68 Å². The lowest BCUT2D eigenvalue weighted by Crippen LogP contribution is -2.33. The Labute approximate surface area is 133 Å². The molecule has 0 amide bonds. The van der Waals surface area contributed by atoms with Gasteiger partial charge in [-0.15, -0.1) is 0 Å². The van der Waals surface area contributed by atoms with Crippen molar-refractivity contribution in [2.75, 3.05) is 24.6 Å². The monoisotopic (exact) mass is 323 g/mol. The van der Waals surface area contributed by atoms with Crippen LogP contribution in [0.2, 0.25) is 0 Å². The second kappa shape index (κ2) is 6.36. The van der Waals surface area contributed by atoms with Gasteiger partial charge >= 0.3 is 0 Å².